The van der Waals surface area contributed by atoms with Gasteiger partial charge in [0.1, 0.15) is 0 Å². The maximum absolute atomic E-state index is 12.7. The van der Waals surface area contributed by atoms with Gasteiger partial charge in [-0.3, -0.25) is 9.59 Å². The van der Waals surface area contributed by atoms with E-state index >= 15 is 0 Å². The van der Waals surface area contributed by atoms with E-state index in [1.165, 1.54) is 0 Å². The molecule has 1 N–H and O–H groups in total. The molecule has 4 heteroatoms. The van der Waals surface area contributed by atoms with Gasteiger partial charge in [0.2, 0.25) is 0 Å². The van der Waals surface area contributed by atoms with Crippen LogP contribution < -0.4 is 5.32 Å². The maximum Gasteiger partial charge on any atom is 0.314 e. The van der Waals surface area contributed by atoms with E-state index < -0.39 is 0 Å². The number of hydrogen-bond acceptors (Lipinski definition) is 3. The molecule has 0 saturated carbocycles. The van der Waals surface area contributed by atoms with Crippen LogP contribution in [0.25, 0.3) is 0 Å². The van der Waals surface area contributed by atoms with Crippen molar-refractivity contribution in [1.82, 2.24) is 0 Å². The second-order valence-electron chi connectivity index (χ2n) is 6.89. The van der Waals surface area contributed by atoms with Crippen LogP contribution in [0, 0.1) is 12.8 Å². The Morgan fingerprint density at radius 1 is 1.04 bits per heavy atom. The molecule has 0 radical (unpaired) electrons. The molecule has 0 saturated heterocycles. The lowest BCUT2D eigenvalue weighted by Gasteiger charge is -2.22. The first-order chi connectivity index (χ1) is 13.0. The summed E-state index contributed by atoms with van der Waals surface area (Å²) in [5.41, 5.74) is 3.79. The highest BCUT2D eigenvalue weighted by molar-refractivity contribution is 5.94. The normalized spacial score (nSPS) is 12.9. The zero-order valence-electron chi connectivity index (χ0n) is 16.6. The van der Waals surface area contributed by atoms with E-state index in [1.54, 1.807) is 0 Å². The molecule has 0 aliphatic carbocycles. The van der Waals surface area contributed by atoms with Gasteiger partial charge in [-0.05, 0) is 36.0 Å². The van der Waals surface area contributed by atoms with E-state index in [0.717, 1.165) is 35.2 Å². The number of ether oxygens (including phenoxy) is 1. The lowest BCUT2D eigenvalue weighted by Crippen LogP contribution is -2.27. The van der Waals surface area contributed by atoms with Crippen LogP contribution in [-0.4, -0.2) is 18.5 Å². The number of hydrogen-bond donors (Lipinski definition) is 1. The summed E-state index contributed by atoms with van der Waals surface area (Å²) in [5.74, 6) is -0.908. The minimum atomic E-state index is -0.367. The topological polar surface area (TPSA) is 55.4 Å². The van der Waals surface area contributed by atoms with Gasteiger partial charge in [-0.2, -0.15) is 0 Å². The number of benzene rings is 2. The number of rotatable bonds is 8. The molecule has 0 spiro atoms. The van der Waals surface area contributed by atoms with Crippen LogP contribution >= 0.6 is 0 Å². The lowest BCUT2D eigenvalue weighted by atomic mass is 9.86. The summed E-state index contributed by atoms with van der Waals surface area (Å²) in [4.78, 5) is 25.0. The van der Waals surface area contributed by atoms with Crippen LogP contribution in [-0.2, 0) is 20.7 Å². The molecule has 4 nitrogen and oxygen atoms in total. The number of nitrogens with one attached hydrogen (secondary N) is 1. The molecule has 2 rings (SSSR count). The third-order valence-electron chi connectivity index (χ3n) is 4.98. The standard InChI is InChI=1S/C23H29NO3/c1-5-16(3)21(19-12-8-7-9-13-19)23(26)27-15-20(25)24-22-17(4)11-10-14-18(22)6-2/h7-14,16,21H,5-6,15H2,1-4H3,(H,24,25). The molecule has 27 heavy (non-hydrogen) atoms. The zero-order valence-corrected chi connectivity index (χ0v) is 16.6. The van der Waals surface area contributed by atoms with E-state index in [2.05, 4.69) is 5.32 Å². The fraction of sp³-hybridized carbons (Fsp3) is 0.391. The molecule has 0 aliphatic rings. The van der Waals surface area contributed by atoms with Gasteiger partial charge in [-0.1, -0.05) is 75.7 Å². The molecular weight excluding hydrogens is 338 g/mol. The summed E-state index contributed by atoms with van der Waals surface area (Å²) in [6.45, 7) is 7.79. The van der Waals surface area contributed by atoms with Crippen LogP contribution in [0.15, 0.2) is 48.5 Å². The molecule has 0 heterocycles. The average molecular weight is 367 g/mol. The maximum atomic E-state index is 12.7. The van der Waals surface area contributed by atoms with Crippen molar-refractivity contribution < 1.29 is 14.3 Å². The Kier molecular flexibility index (Phi) is 7.59. The first-order valence-corrected chi connectivity index (χ1v) is 9.57. The number of carbonyl (C=O) groups is 2. The molecule has 2 unspecified atom stereocenters. The van der Waals surface area contributed by atoms with Crippen LogP contribution in [0.4, 0.5) is 5.69 Å². The molecular formula is C23H29NO3. The molecule has 0 aromatic heterocycles. The average Bonchev–Trinajstić information content (AvgIpc) is 2.68. The van der Waals surface area contributed by atoms with Gasteiger partial charge in [0.25, 0.3) is 5.91 Å². The van der Waals surface area contributed by atoms with Crippen molar-refractivity contribution in [2.75, 3.05) is 11.9 Å². The number of carbonyl (C=O) groups excluding carboxylic acids is 2. The number of anilines is 1. The Balaban J connectivity index is 2.04. The van der Waals surface area contributed by atoms with Crippen LogP contribution in [0.5, 0.6) is 0 Å². The summed E-state index contributed by atoms with van der Waals surface area (Å²) in [7, 11) is 0. The summed E-state index contributed by atoms with van der Waals surface area (Å²) in [5, 5.41) is 2.89. The summed E-state index contributed by atoms with van der Waals surface area (Å²) >= 11 is 0. The first kappa shape index (κ1) is 20.7. The molecule has 1 amide bonds. The smallest absolute Gasteiger partial charge is 0.314 e. The molecule has 0 bridgehead atoms. The van der Waals surface area contributed by atoms with Crippen molar-refractivity contribution in [3.05, 3.63) is 65.2 Å². The van der Waals surface area contributed by atoms with Crippen molar-refractivity contribution >= 4 is 17.6 Å². The zero-order chi connectivity index (χ0) is 19.8. The third-order valence-corrected chi connectivity index (χ3v) is 4.98. The van der Waals surface area contributed by atoms with E-state index in [1.807, 2.05) is 76.2 Å². The van der Waals surface area contributed by atoms with Gasteiger partial charge in [0.05, 0.1) is 5.92 Å². The molecule has 0 aliphatic heterocycles. The Morgan fingerprint density at radius 3 is 2.37 bits per heavy atom. The van der Waals surface area contributed by atoms with Gasteiger partial charge >= 0.3 is 5.97 Å². The fourth-order valence-electron chi connectivity index (χ4n) is 3.20. The van der Waals surface area contributed by atoms with E-state index in [9.17, 15) is 9.59 Å². The summed E-state index contributed by atoms with van der Waals surface area (Å²) in [6, 6.07) is 15.5. The van der Waals surface area contributed by atoms with E-state index in [4.69, 9.17) is 4.74 Å². The third kappa shape index (κ3) is 5.43. The number of aryl methyl sites for hydroxylation is 2. The number of amides is 1. The van der Waals surface area contributed by atoms with Gasteiger partial charge < -0.3 is 10.1 Å². The number of para-hydroxylation sites is 1. The number of esters is 1. The van der Waals surface area contributed by atoms with Crippen LogP contribution in [0.1, 0.15) is 49.8 Å². The van der Waals surface area contributed by atoms with Crippen molar-refractivity contribution in [2.24, 2.45) is 5.92 Å². The van der Waals surface area contributed by atoms with Crippen molar-refractivity contribution in [3.63, 3.8) is 0 Å². The molecule has 2 aromatic rings. The summed E-state index contributed by atoms with van der Waals surface area (Å²) < 4.78 is 5.38. The molecule has 2 atom stereocenters. The molecule has 0 fully saturated rings. The summed E-state index contributed by atoms with van der Waals surface area (Å²) in [6.07, 6.45) is 1.67. The quantitative estimate of drug-likeness (QED) is 0.677. The predicted octanol–water partition coefficient (Wildman–Crippen LogP) is 4.87. The predicted molar refractivity (Wildman–Crippen MR) is 109 cm³/mol. The highest BCUT2D eigenvalue weighted by Gasteiger charge is 2.27. The SMILES string of the molecule is CCc1cccc(C)c1NC(=O)COC(=O)C(c1ccccc1)C(C)CC. The van der Waals surface area contributed by atoms with Gasteiger partial charge in [0.15, 0.2) is 6.61 Å². The van der Waals surface area contributed by atoms with Gasteiger partial charge in [-0.25, -0.2) is 0 Å². The van der Waals surface area contributed by atoms with Crippen molar-refractivity contribution in [3.8, 4) is 0 Å². The molecule has 144 valence electrons. The minimum Gasteiger partial charge on any atom is -0.455 e. The Bertz CT molecular complexity index is 770. The first-order valence-electron chi connectivity index (χ1n) is 9.57. The van der Waals surface area contributed by atoms with Crippen LogP contribution in [0.3, 0.4) is 0 Å². The second-order valence-corrected chi connectivity index (χ2v) is 6.89. The second kappa shape index (κ2) is 9.91. The van der Waals surface area contributed by atoms with Crippen molar-refractivity contribution in [1.29, 1.82) is 0 Å². The van der Waals surface area contributed by atoms with Crippen LogP contribution in [0.2, 0.25) is 0 Å². The largest absolute Gasteiger partial charge is 0.455 e. The van der Waals surface area contributed by atoms with E-state index in [0.29, 0.717) is 0 Å². The Labute approximate surface area is 161 Å². The monoisotopic (exact) mass is 367 g/mol. The highest BCUT2D eigenvalue weighted by atomic mass is 16.5. The Hall–Kier alpha value is -2.62. The fourth-order valence-corrected chi connectivity index (χ4v) is 3.20. The molecule has 2 aromatic carbocycles. The van der Waals surface area contributed by atoms with Gasteiger partial charge in [-0.15, -0.1) is 0 Å². The Morgan fingerprint density at radius 2 is 1.74 bits per heavy atom. The lowest BCUT2D eigenvalue weighted by molar-refractivity contribution is -0.150. The highest BCUT2D eigenvalue weighted by Crippen LogP contribution is 2.28. The van der Waals surface area contributed by atoms with Gasteiger partial charge in [0, 0.05) is 5.69 Å². The minimum absolute atomic E-state index is 0.131. The van der Waals surface area contributed by atoms with Crippen molar-refractivity contribution in [2.45, 2.75) is 46.5 Å². The van der Waals surface area contributed by atoms with E-state index in [-0.39, 0.29) is 30.3 Å².